The summed E-state index contributed by atoms with van der Waals surface area (Å²) in [7, 11) is 0. The first-order valence-corrected chi connectivity index (χ1v) is 12.4. The fraction of sp³-hybridized carbons (Fsp3) is 0.462. The molecule has 0 aliphatic carbocycles. The van der Waals surface area contributed by atoms with E-state index in [0.29, 0.717) is 29.9 Å². The van der Waals surface area contributed by atoms with E-state index < -0.39 is 0 Å². The lowest BCUT2D eigenvalue weighted by atomic mass is 9.96. The van der Waals surface area contributed by atoms with Crippen molar-refractivity contribution in [1.29, 1.82) is 0 Å². The Hall–Kier alpha value is -2.94. The maximum Gasteiger partial charge on any atom is 0.138 e. The van der Waals surface area contributed by atoms with Crippen LogP contribution in [0.3, 0.4) is 0 Å². The van der Waals surface area contributed by atoms with Crippen molar-refractivity contribution in [3.8, 4) is 5.75 Å². The average molecular weight is 460 g/mol. The zero-order valence-corrected chi connectivity index (χ0v) is 19.5. The number of pyridine rings is 2. The molecule has 6 rings (SSSR count). The van der Waals surface area contributed by atoms with Crippen LogP contribution in [0.15, 0.2) is 48.7 Å². The number of phenolic OH excluding ortho intramolecular Hbond substituents is 1. The van der Waals surface area contributed by atoms with Crippen molar-refractivity contribution in [3.05, 3.63) is 54.2 Å². The molecule has 0 spiro atoms. The molecule has 8 heteroatoms. The fourth-order valence-electron chi connectivity index (χ4n) is 5.96. The summed E-state index contributed by atoms with van der Waals surface area (Å²) in [5.41, 5.74) is 8.68. The van der Waals surface area contributed by atoms with Crippen LogP contribution in [0.25, 0.3) is 10.9 Å². The van der Waals surface area contributed by atoms with E-state index in [1.807, 2.05) is 30.5 Å². The first kappa shape index (κ1) is 21.6. The molecule has 34 heavy (non-hydrogen) atoms. The maximum atomic E-state index is 9.85. The first-order chi connectivity index (χ1) is 16.6. The molecule has 1 aromatic carbocycles. The van der Waals surface area contributed by atoms with E-state index in [0.717, 1.165) is 48.3 Å². The third-order valence-electron chi connectivity index (χ3n) is 7.52. The van der Waals surface area contributed by atoms with Gasteiger partial charge in [-0.2, -0.15) is 0 Å². The highest BCUT2D eigenvalue weighted by Crippen LogP contribution is 2.38. The molecule has 3 fully saturated rings. The Morgan fingerprint density at radius 3 is 2.65 bits per heavy atom. The van der Waals surface area contributed by atoms with E-state index in [1.165, 1.54) is 18.4 Å². The summed E-state index contributed by atoms with van der Waals surface area (Å²) in [4.78, 5) is 12.2. The highest BCUT2D eigenvalue weighted by molar-refractivity contribution is 5.91. The number of anilines is 2. The molecule has 3 aliphatic rings. The molecule has 0 radical (unpaired) electrons. The van der Waals surface area contributed by atoms with Crippen molar-refractivity contribution >= 4 is 22.5 Å². The Labute approximate surface area is 200 Å². The van der Waals surface area contributed by atoms with E-state index in [9.17, 15) is 5.11 Å². The number of benzene rings is 1. The monoisotopic (exact) mass is 459 g/mol. The molecule has 3 aromatic rings. The Kier molecular flexibility index (Phi) is 5.72. The third kappa shape index (κ3) is 4.41. The summed E-state index contributed by atoms with van der Waals surface area (Å²) in [5, 5.41) is 18.2. The molecule has 5 heterocycles. The van der Waals surface area contributed by atoms with Gasteiger partial charge in [-0.1, -0.05) is 12.1 Å². The molecule has 3 unspecified atom stereocenters. The zero-order chi connectivity index (χ0) is 23.1. The number of phenols is 1. The van der Waals surface area contributed by atoms with Crippen LogP contribution in [0.2, 0.25) is 0 Å². The van der Waals surface area contributed by atoms with Crippen LogP contribution in [0, 0.1) is 0 Å². The van der Waals surface area contributed by atoms with Crippen molar-refractivity contribution < 1.29 is 5.11 Å². The lowest BCUT2D eigenvalue weighted by Gasteiger charge is -2.39. The quantitative estimate of drug-likeness (QED) is 0.382. The van der Waals surface area contributed by atoms with Gasteiger partial charge in [0.2, 0.25) is 0 Å². The van der Waals surface area contributed by atoms with Gasteiger partial charge in [0.25, 0.3) is 0 Å². The van der Waals surface area contributed by atoms with Crippen LogP contribution in [0.1, 0.15) is 44.6 Å². The minimum Gasteiger partial charge on any atom is -0.508 e. The molecule has 2 bridgehead atoms. The second-order valence-corrected chi connectivity index (χ2v) is 10.1. The van der Waals surface area contributed by atoms with Crippen molar-refractivity contribution in [2.24, 2.45) is 0 Å². The van der Waals surface area contributed by atoms with Gasteiger partial charge in [-0.15, -0.1) is 0 Å². The molecule has 5 atom stereocenters. The molecule has 3 saturated heterocycles. The number of nitrogens with one attached hydrogen (secondary N) is 4. The second kappa shape index (κ2) is 9.02. The summed E-state index contributed by atoms with van der Waals surface area (Å²) in [6.45, 7) is 3.07. The number of aromatic nitrogens is 2. The summed E-state index contributed by atoms with van der Waals surface area (Å²) >= 11 is 0. The van der Waals surface area contributed by atoms with Gasteiger partial charge in [-0.3, -0.25) is 15.3 Å². The van der Waals surface area contributed by atoms with Crippen LogP contribution >= 0.6 is 0 Å². The zero-order valence-electron chi connectivity index (χ0n) is 19.5. The van der Waals surface area contributed by atoms with Crippen molar-refractivity contribution in [2.45, 2.75) is 75.9 Å². The highest BCUT2D eigenvalue weighted by atomic mass is 16.3. The lowest BCUT2D eigenvalue weighted by Crippen LogP contribution is -2.46. The predicted molar refractivity (Wildman–Crippen MR) is 134 cm³/mol. The van der Waals surface area contributed by atoms with Gasteiger partial charge in [0.1, 0.15) is 17.4 Å². The van der Waals surface area contributed by atoms with Crippen LogP contribution < -0.4 is 21.5 Å². The standard InChI is InChI=1S/C26H33N7O/c1-16-10-25(32-31-16)29-24-14-23-22(6-3-9-27-23)26(30-24)28-18-12-19-7-8-20(13-18)33(19)15-17-4-2-5-21(34)11-17/h2-6,9,11,14,16,18-20,25,31-32,34H,7-8,10,12-13,15H2,1H3,(H2,28,29,30)/t16?,18?,19-,20+,25?. The highest BCUT2D eigenvalue weighted by Gasteiger charge is 2.40. The summed E-state index contributed by atoms with van der Waals surface area (Å²) in [6, 6.07) is 15.7. The van der Waals surface area contributed by atoms with Gasteiger partial charge >= 0.3 is 0 Å². The van der Waals surface area contributed by atoms with Gasteiger partial charge in [0.05, 0.1) is 11.7 Å². The molecular weight excluding hydrogens is 426 g/mol. The van der Waals surface area contributed by atoms with E-state index in [-0.39, 0.29) is 6.17 Å². The molecule has 0 amide bonds. The van der Waals surface area contributed by atoms with Gasteiger partial charge < -0.3 is 15.7 Å². The number of fused-ring (bicyclic) bond motifs is 3. The molecule has 8 nitrogen and oxygen atoms in total. The lowest BCUT2D eigenvalue weighted by molar-refractivity contribution is 0.124. The largest absolute Gasteiger partial charge is 0.508 e. The predicted octanol–water partition coefficient (Wildman–Crippen LogP) is 3.57. The molecule has 178 valence electrons. The number of hydrogen-bond acceptors (Lipinski definition) is 8. The Balaban J connectivity index is 1.19. The average Bonchev–Trinajstić information content (AvgIpc) is 3.32. The molecular formula is C26H33N7O. The number of aromatic hydroxyl groups is 1. The van der Waals surface area contributed by atoms with Crippen molar-refractivity contribution in [3.63, 3.8) is 0 Å². The number of nitrogens with zero attached hydrogens (tertiary/aromatic N) is 3. The number of rotatable bonds is 6. The number of hydrazine groups is 1. The normalized spacial score (nSPS) is 28.9. The molecule has 3 aliphatic heterocycles. The summed E-state index contributed by atoms with van der Waals surface area (Å²) in [5.74, 6) is 2.10. The maximum absolute atomic E-state index is 9.85. The van der Waals surface area contributed by atoms with Gasteiger partial charge in [0.15, 0.2) is 0 Å². The number of piperidine rings is 1. The second-order valence-electron chi connectivity index (χ2n) is 10.1. The minimum absolute atomic E-state index is 0.146. The van der Waals surface area contributed by atoms with E-state index in [2.05, 4.69) is 50.4 Å². The third-order valence-corrected chi connectivity index (χ3v) is 7.52. The van der Waals surface area contributed by atoms with Crippen LogP contribution in [-0.4, -0.2) is 50.3 Å². The van der Waals surface area contributed by atoms with Gasteiger partial charge in [-0.25, -0.2) is 10.4 Å². The minimum atomic E-state index is 0.146. The SMILES string of the molecule is CC1CC(Nc2cc3ncccc3c(NC3C[C@H]4CC[C@@H](C3)N4Cc3cccc(O)c3)n2)NN1. The Morgan fingerprint density at radius 1 is 1.03 bits per heavy atom. The van der Waals surface area contributed by atoms with Crippen LogP contribution in [0.5, 0.6) is 5.75 Å². The fourth-order valence-corrected chi connectivity index (χ4v) is 5.96. The first-order valence-electron chi connectivity index (χ1n) is 12.4. The summed E-state index contributed by atoms with van der Waals surface area (Å²) in [6.07, 6.45) is 7.64. The number of hydrogen-bond donors (Lipinski definition) is 5. The van der Waals surface area contributed by atoms with Crippen LogP contribution in [-0.2, 0) is 6.54 Å². The van der Waals surface area contributed by atoms with Crippen molar-refractivity contribution in [2.75, 3.05) is 10.6 Å². The van der Waals surface area contributed by atoms with Crippen molar-refractivity contribution in [1.82, 2.24) is 25.7 Å². The van der Waals surface area contributed by atoms with Gasteiger partial charge in [0, 0.05) is 48.4 Å². The van der Waals surface area contributed by atoms with E-state index >= 15 is 0 Å². The topological polar surface area (TPSA) is 97.4 Å². The molecule has 5 N–H and O–H groups in total. The van der Waals surface area contributed by atoms with Crippen LogP contribution in [0.4, 0.5) is 11.6 Å². The van der Waals surface area contributed by atoms with Gasteiger partial charge in [-0.05, 0) is 68.9 Å². The Bertz CT molecular complexity index is 1160. The van der Waals surface area contributed by atoms with E-state index in [4.69, 9.17) is 4.98 Å². The van der Waals surface area contributed by atoms with E-state index in [1.54, 1.807) is 6.07 Å². The Morgan fingerprint density at radius 2 is 1.88 bits per heavy atom. The smallest absolute Gasteiger partial charge is 0.138 e. The molecule has 2 aromatic heterocycles. The summed E-state index contributed by atoms with van der Waals surface area (Å²) < 4.78 is 0. The molecule has 0 saturated carbocycles.